The molecule has 0 radical (unpaired) electrons. The maximum absolute atomic E-state index is 12.9. The van der Waals surface area contributed by atoms with Crippen LogP contribution in [-0.4, -0.2) is 43.6 Å². The Kier molecular flexibility index (Phi) is 6.55. The van der Waals surface area contributed by atoms with Gasteiger partial charge >= 0.3 is 12.2 Å². The molecular weight excluding hydrogens is 490 g/mol. The van der Waals surface area contributed by atoms with E-state index < -0.39 is 11.7 Å². The summed E-state index contributed by atoms with van der Waals surface area (Å²) in [6.07, 6.45) is 3.94. The Morgan fingerprint density at radius 1 is 1.24 bits per heavy atom. The van der Waals surface area contributed by atoms with E-state index in [1.165, 1.54) is 0 Å². The number of carbonyl (C=O) groups excluding carboxylic acids is 2. The van der Waals surface area contributed by atoms with Gasteiger partial charge in [0, 0.05) is 18.9 Å². The van der Waals surface area contributed by atoms with Crippen LogP contribution in [0.25, 0.3) is 5.52 Å². The summed E-state index contributed by atoms with van der Waals surface area (Å²) in [5, 5.41) is 2.69. The van der Waals surface area contributed by atoms with E-state index in [1.807, 2.05) is 34.7 Å². The van der Waals surface area contributed by atoms with E-state index in [2.05, 4.69) is 31.2 Å². The van der Waals surface area contributed by atoms with E-state index in [1.54, 1.807) is 38.1 Å². The Labute approximate surface area is 200 Å². The third kappa shape index (κ3) is 5.27. The topological polar surface area (TPSA) is 98.1 Å². The zero-order chi connectivity index (χ0) is 23.6. The summed E-state index contributed by atoms with van der Waals surface area (Å²) in [4.78, 5) is 35.8. The third-order valence-electron chi connectivity index (χ3n) is 5.15. The summed E-state index contributed by atoms with van der Waals surface area (Å²) >= 11 is 3.49. The van der Waals surface area contributed by atoms with E-state index in [9.17, 15) is 9.59 Å². The maximum atomic E-state index is 12.9. The third-order valence-corrected chi connectivity index (χ3v) is 5.70. The number of nitrogens with one attached hydrogen (secondary N) is 1. The zero-order valence-electron chi connectivity index (χ0n) is 18.7. The van der Waals surface area contributed by atoms with Crippen LogP contribution in [0.1, 0.15) is 51.0 Å². The van der Waals surface area contributed by atoms with Gasteiger partial charge in [-0.05, 0) is 55.1 Å². The Bertz CT molecular complexity index is 1160. The minimum absolute atomic E-state index is 0.211. The molecule has 1 atom stereocenters. The number of likely N-dealkylation sites (tertiary alicyclic amines) is 1. The van der Waals surface area contributed by atoms with Crippen molar-refractivity contribution in [1.29, 1.82) is 0 Å². The van der Waals surface area contributed by atoms with Gasteiger partial charge in [0.15, 0.2) is 5.82 Å². The molecule has 0 spiro atoms. The molecule has 1 N–H and O–H groups in total. The molecule has 9 nitrogen and oxygen atoms in total. The second kappa shape index (κ2) is 9.38. The lowest BCUT2D eigenvalue weighted by Gasteiger charge is -2.23. The molecule has 0 unspecified atom stereocenters. The molecule has 0 bridgehead atoms. The van der Waals surface area contributed by atoms with Gasteiger partial charge in [-0.25, -0.2) is 19.6 Å². The lowest BCUT2D eigenvalue weighted by atomic mass is 10.2. The van der Waals surface area contributed by atoms with E-state index in [-0.39, 0.29) is 18.7 Å². The Balaban J connectivity index is 1.56. The highest BCUT2D eigenvalue weighted by Crippen LogP contribution is 2.35. The van der Waals surface area contributed by atoms with Gasteiger partial charge in [0.25, 0.3) is 0 Å². The summed E-state index contributed by atoms with van der Waals surface area (Å²) in [6, 6.07) is 9.31. The minimum Gasteiger partial charge on any atom is -0.445 e. The van der Waals surface area contributed by atoms with Crippen LogP contribution in [0.5, 0.6) is 0 Å². The lowest BCUT2D eigenvalue weighted by molar-refractivity contribution is 0.0635. The van der Waals surface area contributed by atoms with Crippen LogP contribution in [0.4, 0.5) is 15.4 Å². The SMILES string of the molecule is CC(C)(C)OC(=O)Nc1nccn2c([C@@H]3CCCN3C(=O)OCc3ccccc3)nc(Br)c12. The van der Waals surface area contributed by atoms with Gasteiger partial charge in [-0.2, -0.15) is 0 Å². The molecule has 1 aromatic carbocycles. The zero-order valence-corrected chi connectivity index (χ0v) is 20.3. The van der Waals surface area contributed by atoms with Crippen LogP contribution in [0.2, 0.25) is 0 Å². The second-order valence-electron chi connectivity index (χ2n) is 8.77. The number of rotatable bonds is 4. The molecule has 1 aliphatic rings. The van der Waals surface area contributed by atoms with Gasteiger partial charge in [-0.1, -0.05) is 30.3 Å². The normalized spacial score (nSPS) is 16.1. The molecule has 2 aromatic heterocycles. The highest BCUT2D eigenvalue weighted by molar-refractivity contribution is 9.10. The standard InChI is InChI=1S/C23H26BrN5O4/c1-23(2,3)33-21(30)27-19-17-18(24)26-20(29(17)13-11-25-19)16-10-7-12-28(16)22(31)32-14-15-8-5-4-6-9-15/h4-6,8-9,11,13,16H,7,10,12,14H2,1-3H3,(H,25,27,30)/t16-/m0/s1. The van der Waals surface area contributed by atoms with Crippen molar-refractivity contribution in [1.82, 2.24) is 19.3 Å². The molecule has 3 aromatic rings. The Morgan fingerprint density at radius 3 is 2.73 bits per heavy atom. The van der Waals surface area contributed by atoms with Crippen LogP contribution in [-0.2, 0) is 16.1 Å². The van der Waals surface area contributed by atoms with Gasteiger partial charge in [0.05, 0.1) is 6.04 Å². The first-order chi connectivity index (χ1) is 15.7. The van der Waals surface area contributed by atoms with Crippen molar-refractivity contribution in [3.8, 4) is 0 Å². The van der Waals surface area contributed by atoms with Gasteiger partial charge in [-0.15, -0.1) is 0 Å². The molecule has 10 heteroatoms. The number of amides is 2. The molecule has 3 heterocycles. The lowest BCUT2D eigenvalue weighted by Crippen LogP contribution is -2.32. The fraction of sp³-hybridized carbons (Fsp3) is 0.391. The van der Waals surface area contributed by atoms with E-state index >= 15 is 0 Å². The summed E-state index contributed by atoms with van der Waals surface area (Å²) in [6.45, 7) is 6.17. The van der Waals surface area contributed by atoms with E-state index in [0.29, 0.717) is 28.3 Å². The number of hydrogen-bond acceptors (Lipinski definition) is 6. The molecule has 2 amide bonds. The van der Waals surface area contributed by atoms with Gasteiger partial charge in [0.1, 0.15) is 28.2 Å². The predicted octanol–water partition coefficient (Wildman–Crippen LogP) is 5.31. The van der Waals surface area contributed by atoms with E-state index in [4.69, 9.17) is 9.47 Å². The Morgan fingerprint density at radius 2 is 2.00 bits per heavy atom. The second-order valence-corrected chi connectivity index (χ2v) is 9.52. The van der Waals surface area contributed by atoms with Crippen LogP contribution in [0, 0.1) is 0 Å². The summed E-state index contributed by atoms with van der Waals surface area (Å²) in [5.74, 6) is 0.981. The number of fused-ring (bicyclic) bond motifs is 1. The first-order valence-electron chi connectivity index (χ1n) is 10.7. The number of carbonyl (C=O) groups is 2. The van der Waals surface area contributed by atoms with Crippen molar-refractivity contribution in [2.45, 2.75) is 51.9 Å². The molecule has 4 rings (SSSR count). The Hall–Kier alpha value is -3.14. The molecule has 174 valence electrons. The highest BCUT2D eigenvalue weighted by atomic mass is 79.9. The van der Waals surface area contributed by atoms with Gasteiger partial charge < -0.3 is 9.47 Å². The molecule has 1 fully saturated rings. The largest absolute Gasteiger partial charge is 0.445 e. The average molecular weight is 516 g/mol. The monoisotopic (exact) mass is 515 g/mol. The van der Waals surface area contributed by atoms with Crippen LogP contribution < -0.4 is 5.32 Å². The molecule has 0 aliphatic carbocycles. The number of halogens is 1. The quantitative estimate of drug-likeness (QED) is 0.505. The van der Waals surface area contributed by atoms with Gasteiger partial charge in [-0.3, -0.25) is 14.6 Å². The fourth-order valence-corrected chi connectivity index (χ4v) is 4.36. The average Bonchev–Trinajstić information content (AvgIpc) is 3.36. The van der Waals surface area contributed by atoms with Crippen LogP contribution >= 0.6 is 15.9 Å². The molecule has 33 heavy (non-hydrogen) atoms. The fourth-order valence-electron chi connectivity index (χ4n) is 3.80. The smallest absolute Gasteiger partial charge is 0.413 e. The summed E-state index contributed by atoms with van der Waals surface area (Å²) < 4.78 is 13.2. The van der Waals surface area contributed by atoms with Gasteiger partial charge in [0.2, 0.25) is 0 Å². The molecular formula is C23H26BrN5O4. The van der Waals surface area contributed by atoms with Crippen molar-refractivity contribution in [2.24, 2.45) is 0 Å². The molecule has 0 saturated carbocycles. The number of hydrogen-bond donors (Lipinski definition) is 1. The number of benzene rings is 1. The minimum atomic E-state index is -0.637. The van der Waals surface area contributed by atoms with Crippen LogP contribution in [0.3, 0.4) is 0 Å². The number of imidazole rings is 1. The first-order valence-corrected chi connectivity index (χ1v) is 11.5. The number of ether oxygens (including phenoxy) is 2. The predicted molar refractivity (Wildman–Crippen MR) is 126 cm³/mol. The van der Waals surface area contributed by atoms with Crippen molar-refractivity contribution < 1.29 is 19.1 Å². The van der Waals surface area contributed by atoms with Crippen molar-refractivity contribution in [3.63, 3.8) is 0 Å². The number of nitrogens with zero attached hydrogens (tertiary/aromatic N) is 4. The van der Waals surface area contributed by atoms with Crippen molar-refractivity contribution in [2.75, 3.05) is 11.9 Å². The molecule has 1 saturated heterocycles. The van der Waals surface area contributed by atoms with E-state index in [0.717, 1.165) is 18.4 Å². The summed E-state index contributed by atoms with van der Waals surface area (Å²) in [7, 11) is 0. The first kappa shape index (κ1) is 23.0. The number of aromatic nitrogens is 3. The van der Waals surface area contributed by atoms with Crippen molar-refractivity contribution >= 4 is 39.5 Å². The highest BCUT2D eigenvalue weighted by Gasteiger charge is 2.35. The van der Waals surface area contributed by atoms with Crippen LogP contribution in [0.15, 0.2) is 47.3 Å². The summed E-state index contributed by atoms with van der Waals surface area (Å²) in [5.41, 5.74) is 0.879. The molecule has 1 aliphatic heterocycles. The number of anilines is 1. The van der Waals surface area contributed by atoms with Crippen molar-refractivity contribution in [3.05, 3.63) is 58.7 Å². The maximum Gasteiger partial charge on any atom is 0.413 e.